The fourth-order valence-corrected chi connectivity index (χ4v) is 2.33. The molecule has 17 heavy (non-hydrogen) atoms. The van der Waals surface area contributed by atoms with E-state index in [2.05, 4.69) is 14.9 Å². The summed E-state index contributed by atoms with van der Waals surface area (Å²) < 4.78 is 7.28. The molecule has 0 saturated carbocycles. The highest BCUT2D eigenvalue weighted by atomic mass is 16.5. The van der Waals surface area contributed by atoms with Gasteiger partial charge in [0.25, 0.3) is 0 Å². The number of nitrogens with zero attached hydrogens (tertiary/aromatic N) is 2. The lowest BCUT2D eigenvalue weighted by Gasteiger charge is -2.16. The van der Waals surface area contributed by atoms with Gasteiger partial charge in [0.1, 0.15) is 17.3 Å². The maximum atomic E-state index is 11.7. The first-order valence-electron chi connectivity index (χ1n) is 5.54. The molecule has 5 heteroatoms. The number of anilines is 1. The van der Waals surface area contributed by atoms with Gasteiger partial charge in [-0.15, -0.1) is 0 Å². The maximum Gasteiger partial charge on any atom is 0.222 e. The van der Waals surface area contributed by atoms with Crippen LogP contribution in [0.2, 0.25) is 0 Å². The topological polar surface area (TPSA) is 56.2 Å². The number of nitrogens with one attached hydrogen (secondary N) is 1. The average Bonchev–Trinajstić information content (AvgIpc) is 2.79. The summed E-state index contributed by atoms with van der Waals surface area (Å²) in [7, 11) is 1.50. The SMILES string of the molecule is COc1c2nc(C)n3c(c-2ccc1=O)NCC3. The van der Waals surface area contributed by atoms with Gasteiger partial charge in [-0.3, -0.25) is 4.79 Å². The zero-order valence-corrected chi connectivity index (χ0v) is 9.78. The van der Waals surface area contributed by atoms with Crippen molar-refractivity contribution >= 4 is 5.82 Å². The van der Waals surface area contributed by atoms with Gasteiger partial charge < -0.3 is 14.6 Å². The average molecular weight is 231 g/mol. The van der Waals surface area contributed by atoms with E-state index in [0.29, 0.717) is 11.4 Å². The third-order valence-electron chi connectivity index (χ3n) is 3.12. The lowest BCUT2D eigenvalue weighted by Crippen LogP contribution is -2.12. The summed E-state index contributed by atoms with van der Waals surface area (Å²) in [5, 5.41) is 3.32. The van der Waals surface area contributed by atoms with Crippen LogP contribution >= 0.6 is 0 Å². The van der Waals surface area contributed by atoms with Crippen molar-refractivity contribution in [2.75, 3.05) is 19.0 Å². The van der Waals surface area contributed by atoms with E-state index < -0.39 is 0 Å². The standard InChI is InChI=1S/C12H13N3O2/c1-7-14-10-8(12-13-5-6-15(7)12)3-4-9(16)11(10)17-2/h3-4,13H,5-6H2,1-2H3. The molecule has 2 heterocycles. The second-order valence-electron chi connectivity index (χ2n) is 4.08. The molecule has 0 bridgehead atoms. The van der Waals surface area contributed by atoms with Crippen LogP contribution in [0.4, 0.5) is 5.82 Å². The molecule has 0 saturated heterocycles. The Morgan fingerprint density at radius 3 is 3.06 bits per heavy atom. The van der Waals surface area contributed by atoms with Crippen LogP contribution in [0.5, 0.6) is 5.75 Å². The number of aryl methyl sites for hydroxylation is 1. The predicted octanol–water partition coefficient (Wildman–Crippen LogP) is 1.09. The molecule has 0 spiro atoms. The van der Waals surface area contributed by atoms with Gasteiger partial charge in [0.15, 0.2) is 5.75 Å². The van der Waals surface area contributed by atoms with Gasteiger partial charge in [-0.2, -0.15) is 0 Å². The zero-order chi connectivity index (χ0) is 12.0. The van der Waals surface area contributed by atoms with Crippen molar-refractivity contribution in [3.63, 3.8) is 0 Å². The van der Waals surface area contributed by atoms with Gasteiger partial charge in [-0.1, -0.05) is 0 Å². The molecule has 3 aliphatic rings. The van der Waals surface area contributed by atoms with Gasteiger partial charge in [0, 0.05) is 18.7 Å². The third kappa shape index (κ3) is 1.32. The molecule has 0 atom stereocenters. The molecule has 0 radical (unpaired) electrons. The van der Waals surface area contributed by atoms with E-state index in [1.54, 1.807) is 6.07 Å². The molecule has 2 aliphatic heterocycles. The van der Waals surface area contributed by atoms with Crippen molar-refractivity contribution in [2.45, 2.75) is 13.5 Å². The highest BCUT2D eigenvalue weighted by Crippen LogP contribution is 2.35. The molecular formula is C12H13N3O2. The largest absolute Gasteiger partial charge is 0.491 e. The van der Waals surface area contributed by atoms with E-state index in [4.69, 9.17) is 4.74 Å². The number of aromatic nitrogens is 2. The quantitative estimate of drug-likeness (QED) is 0.798. The Balaban J connectivity index is 2.42. The number of hydrogen-bond acceptors (Lipinski definition) is 4. The molecule has 5 nitrogen and oxygen atoms in total. The molecule has 0 fully saturated rings. The summed E-state index contributed by atoms with van der Waals surface area (Å²) in [6.07, 6.45) is 0. The molecule has 1 N–H and O–H groups in total. The van der Waals surface area contributed by atoms with Crippen LogP contribution in [0, 0.1) is 6.92 Å². The third-order valence-corrected chi connectivity index (χ3v) is 3.12. The Morgan fingerprint density at radius 1 is 1.47 bits per heavy atom. The van der Waals surface area contributed by atoms with Crippen molar-refractivity contribution in [1.82, 2.24) is 9.55 Å². The Morgan fingerprint density at radius 2 is 2.29 bits per heavy atom. The van der Waals surface area contributed by atoms with Gasteiger partial charge in [0.05, 0.1) is 7.11 Å². The Bertz CT molecular complexity index is 618. The molecule has 1 aliphatic carbocycles. The minimum atomic E-state index is -0.130. The fourth-order valence-electron chi connectivity index (χ4n) is 2.33. The summed E-state index contributed by atoms with van der Waals surface area (Å²) in [6.45, 7) is 3.74. The monoisotopic (exact) mass is 231 g/mol. The molecule has 88 valence electrons. The smallest absolute Gasteiger partial charge is 0.222 e. The van der Waals surface area contributed by atoms with Crippen LogP contribution in [0.25, 0.3) is 11.3 Å². The van der Waals surface area contributed by atoms with E-state index in [1.807, 2.05) is 6.92 Å². The van der Waals surface area contributed by atoms with E-state index in [1.165, 1.54) is 13.2 Å². The van der Waals surface area contributed by atoms with Crippen molar-refractivity contribution in [2.24, 2.45) is 0 Å². The summed E-state index contributed by atoms with van der Waals surface area (Å²) in [6, 6.07) is 3.33. The van der Waals surface area contributed by atoms with Gasteiger partial charge in [0.2, 0.25) is 5.43 Å². The molecule has 0 aromatic heterocycles. The van der Waals surface area contributed by atoms with E-state index >= 15 is 0 Å². The Kier molecular flexibility index (Phi) is 2.07. The summed E-state index contributed by atoms with van der Waals surface area (Å²) in [4.78, 5) is 16.2. The second-order valence-corrected chi connectivity index (χ2v) is 4.08. The minimum Gasteiger partial charge on any atom is -0.491 e. The minimum absolute atomic E-state index is 0.130. The van der Waals surface area contributed by atoms with Crippen LogP contribution in [0.3, 0.4) is 0 Å². The summed E-state index contributed by atoms with van der Waals surface area (Å²) >= 11 is 0. The van der Waals surface area contributed by atoms with Crippen molar-refractivity contribution < 1.29 is 4.74 Å². The maximum absolute atomic E-state index is 11.7. The van der Waals surface area contributed by atoms with Crippen molar-refractivity contribution in [3.05, 3.63) is 28.2 Å². The number of hydrogen-bond donors (Lipinski definition) is 1. The summed E-state index contributed by atoms with van der Waals surface area (Å²) in [5.74, 6) is 2.23. The van der Waals surface area contributed by atoms with Crippen LogP contribution in [0.1, 0.15) is 5.82 Å². The number of ether oxygens (including phenoxy) is 1. The Hall–Kier alpha value is -2.04. The molecule has 0 aromatic carbocycles. The molecule has 0 aromatic rings. The van der Waals surface area contributed by atoms with E-state index in [0.717, 1.165) is 30.3 Å². The first kappa shape index (κ1) is 10.1. The molecule has 3 rings (SSSR count). The zero-order valence-electron chi connectivity index (χ0n) is 9.78. The van der Waals surface area contributed by atoms with Crippen molar-refractivity contribution in [1.29, 1.82) is 0 Å². The van der Waals surface area contributed by atoms with E-state index in [-0.39, 0.29) is 5.43 Å². The second kappa shape index (κ2) is 3.48. The Labute approximate surface area is 98.4 Å². The molecule has 0 amide bonds. The molecular weight excluding hydrogens is 218 g/mol. The lowest BCUT2D eigenvalue weighted by atomic mass is 10.1. The van der Waals surface area contributed by atoms with Crippen LogP contribution in [0.15, 0.2) is 16.9 Å². The molecule has 0 unspecified atom stereocenters. The first-order valence-corrected chi connectivity index (χ1v) is 5.54. The summed E-state index contributed by atoms with van der Waals surface area (Å²) in [5.41, 5.74) is 1.44. The normalized spacial score (nSPS) is 13.5. The number of fused-ring (bicyclic) bond motifs is 3. The first-order chi connectivity index (χ1) is 8.22. The number of methoxy groups -OCH3 is 1. The number of rotatable bonds is 1. The van der Waals surface area contributed by atoms with Crippen molar-refractivity contribution in [3.8, 4) is 17.0 Å². The van der Waals surface area contributed by atoms with Gasteiger partial charge >= 0.3 is 0 Å². The highest BCUT2D eigenvalue weighted by Gasteiger charge is 2.23. The van der Waals surface area contributed by atoms with E-state index in [9.17, 15) is 4.79 Å². The lowest BCUT2D eigenvalue weighted by molar-refractivity contribution is 0.411. The van der Waals surface area contributed by atoms with Gasteiger partial charge in [-0.05, 0) is 19.1 Å². The van der Waals surface area contributed by atoms with Gasteiger partial charge in [-0.25, -0.2) is 4.98 Å². The van der Waals surface area contributed by atoms with Crippen LogP contribution in [-0.2, 0) is 6.54 Å². The number of benzene rings is 1. The fraction of sp³-hybridized carbons (Fsp3) is 0.333. The van der Waals surface area contributed by atoms with Crippen LogP contribution in [-0.4, -0.2) is 23.2 Å². The van der Waals surface area contributed by atoms with Crippen LogP contribution < -0.4 is 15.5 Å². The predicted molar refractivity (Wildman–Crippen MR) is 64.9 cm³/mol. The highest BCUT2D eigenvalue weighted by molar-refractivity contribution is 5.79.